The highest BCUT2D eigenvalue weighted by molar-refractivity contribution is 7.92. The van der Waals surface area contributed by atoms with Crippen molar-refractivity contribution >= 4 is 39.1 Å². The van der Waals surface area contributed by atoms with Gasteiger partial charge in [-0.3, -0.25) is 13.9 Å². The Morgan fingerprint density at radius 1 is 1.09 bits per heavy atom. The van der Waals surface area contributed by atoms with E-state index in [2.05, 4.69) is 5.32 Å². The summed E-state index contributed by atoms with van der Waals surface area (Å²) in [7, 11) is -3.78. The van der Waals surface area contributed by atoms with Gasteiger partial charge in [-0.25, -0.2) is 8.42 Å². The molecule has 2 rings (SSSR count). The fraction of sp³-hybridized carbons (Fsp3) is 0.417. The normalized spacial score (nSPS) is 12.2. The molecule has 33 heavy (non-hydrogen) atoms. The first-order chi connectivity index (χ1) is 15.6. The average Bonchev–Trinajstić information content (AvgIpc) is 2.74. The van der Waals surface area contributed by atoms with Crippen molar-refractivity contribution in [2.24, 2.45) is 0 Å². The molecule has 2 amide bonds. The molecule has 0 spiro atoms. The van der Waals surface area contributed by atoms with Gasteiger partial charge in [0.05, 0.1) is 11.9 Å². The lowest BCUT2D eigenvalue weighted by molar-refractivity contribution is -0.140. The highest BCUT2D eigenvalue weighted by atomic mass is 35.5. The van der Waals surface area contributed by atoms with Crippen molar-refractivity contribution in [1.29, 1.82) is 0 Å². The van der Waals surface area contributed by atoms with E-state index >= 15 is 0 Å². The van der Waals surface area contributed by atoms with Crippen LogP contribution in [-0.2, 0) is 26.2 Å². The summed E-state index contributed by atoms with van der Waals surface area (Å²) in [5.41, 5.74) is 2.18. The molecule has 1 atom stereocenters. The van der Waals surface area contributed by atoms with Gasteiger partial charge in [-0.1, -0.05) is 61.3 Å². The first kappa shape index (κ1) is 26.7. The Morgan fingerprint density at radius 3 is 2.36 bits per heavy atom. The first-order valence-corrected chi connectivity index (χ1v) is 13.2. The number of aryl methyl sites for hydroxylation is 1. The van der Waals surface area contributed by atoms with Crippen molar-refractivity contribution < 1.29 is 18.0 Å². The van der Waals surface area contributed by atoms with Crippen LogP contribution in [0.4, 0.5) is 5.69 Å². The second-order valence-electron chi connectivity index (χ2n) is 7.98. The summed E-state index contributed by atoms with van der Waals surface area (Å²) in [4.78, 5) is 27.9. The second kappa shape index (κ2) is 12.0. The molecular weight excluding hydrogens is 462 g/mol. The van der Waals surface area contributed by atoms with Crippen molar-refractivity contribution in [3.8, 4) is 0 Å². The minimum Gasteiger partial charge on any atom is -0.354 e. The summed E-state index contributed by atoms with van der Waals surface area (Å²) >= 11 is 6.05. The lowest BCUT2D eigenvalue weighted by Crippen LogP contribution is -2.52. The topological polar surface area (TPSA) is 86.8 Å². The zero-order valence-corrected chi connectivity index (χ0v) is 21.1. The lowest BCUT2D eigenvalue weighted by atomic mass is 10.1. The largest absolute Gasteiger partial charge is 0.354 e. The molecule has 7 nitrogen and oxygen atoms in total. The van der Waals surface area contributed by atoms with Crippen molar-refractivity contribution in [3.05, 3.63) is 64.7 Å². The van der Waals surface area contributed by atoms with Crippen molar-refractivity contribution in [2.45, 2.75) is 46.2 Å². The van der Waals surface area contributed by atoms with Crippen molar-refractivity contribution in [3.63, 3.8) is 0 Å². The molecule has 2 aromatic rings. The van der Waals surface area contributed by atoms with Gasteiger partial charge < -0.3 is 10.2 Å². The number of benzene rings is 2. The van der Waals surface area contributed by atoms with Crippen LogP contribution in [0.1, 0.15) is 37.8 Å². The molecule has 0 aliphatic carbocycles. The van der Waals surface area contributed by atoms with E-state index in [4.69, 9.17) is 11.6 Å². The van der Waals surface area contributed by atoms with E-state index < -0.39 is 28.5 Å². The number of anilines is 1. The number of carbonyl (C=O) groups is 2. The number of rotatable bonds is 11. The summed E-state index contributed by atoms with van der Waals surface area (Å²) in [5.74, 6) is -0.727. The van der Waals surface area contributed by atoms with Crippen LogP contribution in [0.2, 0.25) is 5.02 Å². The van der Waals surface area contributed by atoms with Gasteiger partial charge in [-0.05, 0) is 43.5 Å². The maximum Gasteiger partial charge on any atom is 0.244 e. The molecule has 0 saturated heterocycles. The Labute approximate surface area is 201 Å². The van der Waals surface area contributed by atoms with E-state index in [0.717, 1.165) is 28.1 Å². The third-order valence-electron chi connectivity index (χ3n) is 5.15. The average molecular weight is 494 g/mol. The molecule has 0 aliphatic rings. The monoisotopic (exact) mass is 493 g/mol. The number of hydrogen-bond donors (Lipinski definition) is 1. The van der Waals surface area contributed by atoms with E-state index in [9.17, 15) is 18.0 Å². The quantitative estimate of drug-likeness (QED) is 0.516. The molecule has 180 valence electrons. The molecule has 9 heteroatoms. The SMILES string of the molecule is CCCNC(=O)[C@H](CC)N(Cc1cccc(C)c1)C(=O)CN(c1cccc(Cl)c1)S(C)(=O)=O. The van der Waals surface area contributed by atoms with Crippen LogP contribution in [0, 0.1) is 6.92 Å². The van der Waals surface area contributed by atoms with Crippen molar-refractivity contribution in [1.82, 2.24) is 10.2 Å². The van der Waals surface area contributed by atoms with Crippen LogP contribution in [0.5, 0.6) is 0 Å². The number of amides is 2. The van der Waals surface area contributed by atoms with Crippen molar-refractivity contribution in [2.75, 3.05) is 23.7 Å². The molecule has 0 aromatic heterocycles. The number of nitrogens with zero attached hydrogens (tertiary/aromatic N) is 2. The smallest absolute Gasteiger partial charge is 0.244 e. The van der Waals surface area contributed by atoms with Gasteiger partial charge in [0.2, 0.25) is 21.8 Å². The maximum atomic E-state index is 13.5. The van der Waals surface area contributed by atoms with Gasteiger partial charge >= 0.3 is 0 Å². The second-order valence-corrected chi connectivity index (χ2v) is 10.3. The van der Waals surface area contributed by atoms with Gasteiger partial charge in [0.25, 0.3) is 0 Å². The molecule has 0 heterocycles. The highest BCUT2D eigenvalue weighted by Gasteiger charge is 2.31. The van der Waals surface area contributed by atoms with Gasteiger partial charge in [-0.15, -0.1) is 0 Å². The minimum atomic E-state index is -3.78. The predicted octanol–water partition coefficient (Wildman–Crippen LogP) is 3.75. The fourth-order valence-corrected chi connectivity index (χ4v) is 4.56. The van der Waals surface area contributed by atoms with Gasteiger partial charge in [-0.2, -0.15) is 0 Å². The van der Waals surface area contributed by atoms with Crippen LogP contribution in [0.25, 0.3) is 0 Å². The van der Waals surface area contributed by atoms with E-state index in [-0.39, 0.29) is 18.1 Å². The molecule has 0 radical (unpaired) electrons. The molecule has 0 aliphatic heterocycles. The Hall–Kier alpha value is -2.58. The fourth-order valence-electron chi connectivity index (χ4n) is 3.54. The zero-order chi connectivity index (χ0) is 24.6. The standard InChI is InChI=1S/C24H32ClN3O4S/c1-5-13-26-24(30)22(6-2)27(16-19-10-7-9-18(3)14-19)23(29)17-28(33(4,31)32)21-12-8-11-20(25)15-21/h7-12,14-15,22H,5-6,13,16-17H2,1-4H3,(H,26,30)/t22-/m0/s1. The van der Waals surface area contributed by atoms with E-state index in [1.165, 1.54) is 11.0 Å². The number of halogens is 1. The molecule has 0 fully saturated rings. The predicted molar refractivity (Wildman–Crippen MR) is 133 cm³/mol. The van der Waals surface area contributed by atoms with Crippen LogP contribution in [0.15, 0.2) is 48.5 Å². The van der Waals surface area contributed by atoms with E-state index in [1.54, 1.807) is 18.2 Å². The minimum absolute atomic E-state index is 0.186. The summed E-state index contributed by atoms with van der Waals surface area (Å²) in [6, 6.07) is 13.3. The molecule has 1 N–H and O–H groups in total. The zero-order valence-electron chi connectivity index (χ0n) is 19.5. The van der Waals surface area contributed by atoms with E-state index in [1.807, 2.05) is 45.0 Å². The number of nitrogens with one attached hydrogen (secondary N) is 1. The number of carbonyl (C=O) groups excluding carboxylic acids is 2. The van der Waals surface area contributed by atoms with Crippen LogP contribution in [0.3, 0.4) is 0 Å². The third kappa shape index (κ3) is 7.75. The number of hydrogen-bond acceptors (Lipinski definition) is 4. The summed E-state index contributed by atoms with van der Waals surface area (Å²) in [6.07, 6.45) is 2.20. The summed E-state index contributed by atoms with van der Waals surface area (Å²) in [5, 5.41) is 3.21. The van der Waals surface area contributed by atoms with Crippen LogP contribution in [-0.4, -0.2) is 50.5 Å². The maximum absolute atomic E-state index is 13.5. The molecule has 0 unspecified atom stereocenters. The summed E-state index contributed by atoms with van der Waals surface area (Å²) in [6.45, 7) is 5.98. The van der Waals surface area contributed by atoms with Crippen LogP contribution < -0.4 is 9.62 Å². The van der Waals surface area contributed by atoms with E-state index in [0.29, 0.717) is 18.0 Å². The lowest BCUT2D eigenvalue weighted by Gasteiger charge is -2.33. The van der Waals surface area contributed by atoms with Crippen LogP contribution >= 0.6 is 11.6 Å². The Morgan fingerprint density at radius 2 is 1.79 bits per heavy atom. The number of sulfonamides is 1. The molecular formula is C24H32ClN3O4S. The van der Waals surface area contributed by atoms with Gasteiger partial charge in [0, 0.05) is 18.1 Å². The Balaban J connectivity index is 2.42. The highest BCUT2D eigenvalue weighted by Crippen LogP contribution is 2.23. The Bertz CT molecular complexity index is 1070. The first-order valence-electron chi connectivity index (χ1n) is 10.9. The van der Waals surface area contributed by atoms with Gasteiger partial charge in [0.1, 0.15) is 12.6 Å². The third-order valence-corrected chi connectivity index (χ3v) is 6.52. The molecule has 2 aromatic carbocycles. The Kier molecular flexibility index (Phi) is 9.73. The molecule has 0 bridgehead atoms. The van der Waals surface area contributed by atoms with Gasteiger partial charge in [0.15, 0.2) is 0 Å². The molecule has 0 saturated carbocycles. The summed E-state index contributed by atoms with van der Waals surface area (Å²) < 4.78 is 26.1.